The standard InChI is InChI=1S/C65H101N9O17S/c1-13-30-73(52(42(3)4)39-54(90-46(8)76)63-71-51(40-92-63)62(85)69-48(36-45(7)89-41-75)37-47-20-15-17-27-66-47)64(86)49(43(5)14-2)38-55(78)65(9,10)72(11)31-25-57(80)70-50(21-16-18-28-67-56(79)26-32-88-34-33-87-12)53(77)35-44(6)61(84)68-29-19-22-60(83)91-74-58(81)23-24-59(74)82/h15,17,20,27,40-45,48-50,52,54H,13-14,16,18-19,21-26,28-39H2,1-12H3,(H,67,79)(H,68,84)(H,69,85)(H,70,80)/t43?,44?,45?,48-,49+,50?,52-,54-/m1/s1. The molecule has 2 aromatic rings. The minimum absolute atomic E-state index is 0.0382. The number of nitrogens with one attached hydrogen (secondary N) is 4. The molecule has 1 fully saturated rings. The molecule has 92 heavy (non-hydrogen) atoms. The normalized spacial score (nSPS) is 15.1. The smallest absolute Gasteiger partial charge is 0.333 e. The molecular formula is C65H101N9O17S. The number of pyridine rings is 1. The second-order valence-electron chi connectivity index (χ2n) is 24.4. The molecule has 2 aromatic heterocycles. The summed E-state index contributed by atoms with van der Waals surface area (Å²) in [6.45, 7) is 19.9. The Morgan fingerprint density at radius 3 is 2.17 bits per heavy atom. The monoisotopic (exact) mass is 1310 g/mol. The Morgan fingerprint density at radius 1 is 0.837 bits per heavy atom. The molecule has 1 aliphatic rings. The summed E-state index contributed by atoms with van der Waals surface area (Å²) in [5.74, 6) is -7.15. The molecule has 0 bridgehead atoms. The number of Topliss-reactive ketones (excluding diaryl/α,β-unsaturated/α-hetero) is 2. The lowest BCUT2D eigenvalue weighted by molar-refractivity contribution is -0.197. The number of ether oxygens (including phenoxy) is 4. The number of carbonyl (C=O) groups excluding carboxylic acids is 12. The highest BCUT2D eigenvalue weighted by Crippen LogP contribution is 2.34. The molecule has 3 rings (SSSR count). The zero-order valence-corrected chi connectivity index (χ0v) is 56.8. The van der Waals surface area contributed by atoms with Crippen LogP contribution in [0.3, 0.4) is 0 Å². The number of amides is 7. The van der Waals surface area contributed by atoms with E-state index < -0.39 is 95.0 Å². The highest BCUT2D eigenvalue weighted by Gasteiger charge is 2.41. The highest BCUT2D eigenvalue weighted by atomic mass is 32.1. The van der Waals surface area contributed by atoms with E-state index >= 15 is 4.79 Å². The van der Waals surface area contributed by atoms with Crippen LogP contribution in [0.15, 0.2) is 29.8 Å². The van der Waals surface area contributed by atoms with E-state index in [1.54, 1.807) is 69.3 Å². The van der Waals surface area contributed by atoms with Crippen molar-refractivity contribution in [2.24, 2.45) is 23.7 Å². The molecule has 0 spiro atoms. The van der Waals surface area contributed by atoms with Crippen molar-refractivity contribution in [1.29, 1.82) is 0 Å². The molecule has 0 radical (unpaired) electrons. The number of esters is 1. The van der Waals surface area contributed by atoms with Crippen LogP contribution in [0.4, 0.5) is 0 Å². The zero-order chi connectivity index (χ0) is 68.5. The summed E-state index contributed by atoms with van der Waals surface area (Å²) >= 11 is 1.15. The Labute approximate surface area is 545 Å². The number of aromatic nitrogens is 2. The van der Waals surface area contributed by atoms with Crippen molar-refractivity contribution in [3.8, 4) is 0 Å². The fourth-order valence-electron chi connectivity index (χ4n) is 10.4. The van der Waals surface area contributed by atoms with E-state index in [-0.39, 0.29) is 119 Å². The third-order valence-corrected chi connectivity index (χ3v) is 17.3. The molecule has 27 heteroatoms. The average molecular weight is 1310 g/mol. The van der Waals surface area contributed by atoms with E-state index in [0.717, 1.165) is 17.0 Å². The summed E-state index contributed by atoms with van der Waals surface area (Å²) in [4.78, 5) is 174. The van der Waals surface area contributed by atoms with Crippen LogP contribution in [0.5, 0.6) is 0 Å². The van der Waals surface area contributed by atoms with Gasteiger partial charge in [-0.3, -0.25) is 62.6 Å². The number of hydrogen-bond acceptors (Lipinski definition) is 21. The van der Waals surface area contributed by atoms with Crippen LogP contribution in [-0.2, 0) is 82.9 Å². The predicted octanol–water partition coefficient (Wildman–Crippen LogP) is 5.73. The Balaban J connectivity index is 1.74. The quantitative estimate of drug-likeness (QED) is 0.0266. The number of hydrogen-bond donors (Lipinski definition) is 4. The van der Waals surface area contributed by atoms with Crippen molar-refractivity contribution in [3.63, 3.8) is 0 Å². The lowest BCUT2D eigenvalue weighted by atomic mass is 9.81. The van der Waals surface area contributed by atoms with Crippen LogP contribution in [0, 0.1) is 23.7 Å². The van der Waals surface area contributed by atoms with Crippen LogP contribution in [0.2, 0.25) is 0 Å². The number of thiazole rings is 1. The average Bonchev–Trinajstić information content (AvgIpc) is 1.79. The van der Waals surface area contributed by atoms with Crippen LogP contribution < -0.4 is 21.3 Å². The molecule has 0 aromatic carbocycles. The van der Waals surface area contributed by atoms with E-state index in [0.29, 0.717) is 81.4 Å². The van der Waals surface area contributed by atoms with Gasteiger partial charge in [-0.25, -0.2) is 9.78 Å². The van der Waals surface area contributed by atoms with Gasteiger partial charge in [-0.1, -0.05) is 54.0 Å². The summed E-state index contributed by atoms with van der Waals surface area (Å²) in [5, 5.41) is 13.8. The lowest BCUT2D eigenvalue weighted by Crippen LogP contribution is -2.52. The molecule has 0 aliphatic carbocycles. The molecule has 4 unspecified atom stereocenters. The number of nitrogens with zero attached hydrogens (tertiary/aromatic N) is 5. The second-order valence-corrected chi connectivity index (χ2v) is 25.3. The van der Waals surface area contributed by atoms with Gasteiger partial charge in [0.15, 0.2) is 17.7 Å². The summed E-state index contributed by atoms with van der Waals surface area (Å²) in [6.07, 6.45) is 2.76. The van der Waals surface area contributed by atoms with Crippen molar-refractivity contribution >= 4 is 82.7 Å². The molecule has 1 saturated heterocycles. The third kappa shape index (κ3) is 27.6. The van der Waals surface area contributed by atoms with Gasteiger partial charge in [-0.15, -0.1) is 16.4 Å². The number of carbonyl (C=O) groups is 12. The van der Waals surface area contributed by atoms with Gasteiger partial charge in [0.25, 0.3) is 24.2 Å². The molecular weight excluding hydrogens is 1210 g/mol. The summed E-state index contributed by atoms with van der Waals surface area (Å²) in [6, 6.07) is 3.46. The van der Waals surface area contributed by atoms with Crippen molar-refractivity contribution in [1.82, 2.24) is 46.1 Å². The van der Waals surface area contributed by atoms with Gasteiger partial charge >= 0.3 is 11.9 Å². The molecule has 514 valence electrons. The van der Waals surface area contributed by atoms with Gasteiger partial charge in [0.05, 0.1) is 31.4 Å². The van der Waals surface area contributed by atoms with Gasteiger partial charge in [0.2, 0.25) is 23.6 Å². The molecule has 8 atom stereocenters. The summed E-state index contributed by atoms with van der Waals surface area (Å²) in [5.41, 5.74) is -0.373. The minimum atomic E-state index is -1.18. The third-order valence-electron chi connectivity index (χ3n) is 16.4. The van der Waals surface area contributed by atoms with Crippen molar-refractivity contribution < 1.29 is 81.3 Å². The Hall–Kier alpha value is -7.10. The van der Waals surface area contributed by atoms with Gasteiger partial charge in [0, 0.05) is 146 Å². The predicted molar refractivity (Wildman–Crippen MR) is 341 cm³/mol. The Bertz CT molecular complexity index is 2710. The van der Waals surface area contributed by atoms with Gasteiger partial charge in [-0.05, 0) is 83.9 Å². The molecule has 0 saturated carbocycles. The van der Waals surface area contributed by atoms with E-state index in [4.69, 9.17) is 23.8 Å². The van der Waals surface area contributed by atoms with Crippen LogP contribution in [-0.4, -0.2) is 186 Å². The Kier molecular flexibility index (Phi) is 35.7. The fourth-order valence-corrected chi connectivity index (χ4v) is 11.2. The van der Waals surface area contributed by atoms with Crippen molar-refractivity contribution in [2.75, 3.05) is 60.2 Å². The number of imide groups is 1. The van der Waals surface area contributed by atoms with E-state index in [1.165, 1.54) is 6.92 Å². The molecule has 4 N–H and O–H groups in total. The lowest BCUT2D eigenvalue weighted by Gasteiger charge is -2.40. The van der Waals surface area contributed by atoms with Gasteiger partial charge in [-0.2, -0.15) is 0 Å². The minimum Gasteiger partial charge on any atom is -0.465 e. The maximum atomic E-state index is 15.2. The van der Waals surface area contributed by atoms with E-state index in [2.05, 4.69) is 31.2 Å². The topological polar surface area (TPSA) is 335 Å². The number of ketones is 2. The van der Waals surface area contributed by atoms with E-state index in [1.807, 2.05) is 46.8 Å². The highest BCUT2D eigenvalue weighted by molar-refractivity contribution is 7.09. The van der Waals surface area contributed by atoms with Gasteiger partial charge < -0.3 is 50.0 Å². The largest absolute Gasteiger partial charge is 0.465 e. The van der Waals surface area contributed by atoms with Crippen LogP contribution in [0.1, 0.15) is 193 Å². The first-order valence-electron chi connectivity index (χ1n) is 32.1. The molecule has 1 aliphatic heterocycles. The maximum Gasteiger partial charge on any atom is 0.333 e. The number of rotatable bonds is 47. The summed E-state index contributed by atoms with van der Waals surface area (Å²) in [7, 11) is 3.26. The first-order valence-corrected chi connectivity index (χ1v) is 33.0. The molecule has 3 heterocycles. The number of hydroxylamine groups is 2. The van der Waals surface area contributed by atoms with Crippen LogP contribution in [0.25, 0.3) is 0 Å². The fraction of sp³-hybridized carbons (Fsp3) is 0.692. The second kappa shape index (κ2) is 41.5. The van der Waals surface area contributed by atoms with Crippen molar-refractivity contribution in [2.45, 2.75) is 208 Å². The zero-order valence-electron chi connectivity index (χ0n) is 56.0. The van der Waals surface area contributed by atoms with E-state index in [9.17, 15) is 52.7 Å². The van der Waals surface area contributed by atoms with Gasteiger partial charge in [0.1, 0.15) is 16.8 Å². The number of likely N-dealkylation sites (N-methyl/N-ethyl adjacent to an activating group) is 1. The number of methoxy groups -OCH3 is 1. The Morgan fingerprint density at radius 2 is 1.54 bits per heavy atom. The summed E-state index contributed by atoms with van der Waals surface area (Å²) < 4.78 is 21.4. The molecule has 7 amide bonds. The molecule has 26 nitrogen and oxygen atoms in total. The maximum absolute atomic E-state index is 15.2. The van der Waals surface area contributed by atoms with Crippen molar-refractivity contribution in [3.05, 3.63) is 46.2 Å². The van der Waals surface area contributed by atoms with Crippen LogP contribution >= 0.6 is 11.3 Å². The number of unbranched alkanes of at least 4 members (excludes halogenated alkanes) is 1. The first-order chi connectivity index (χ1) is 43.7. The SMILES string of the molecule is CCCN(C(=O)[C@@H](CC(=O)C(C)(C)N(C)CCC(=O)NC(CCCCNC(=O)CCOCCOC)C(=O)CC(C)C(=O)NCCCC(=O)ON1C(=O)CCC1=O)C(C)CC)[C@H](C[C@@H](OC(C)=O)c1nc(C(=O)N[C@@H](Cc2ccccn2)CC(C)OC=O)cs1)C(C)C. The first kappa shape index (κ1) is 79.1.